The normalized spacial score (nSPS) is 11.1. The van der Waals surface area contributed by atoms with Crippen LogP contribution in [-0.4, -0.2) is 42.1 Å². The molecule has 2 heterocycles. The zero-order chi connectivity index (χ0) is 22.1. The Morgan fingerprint density at radius 3 is 2.71 bits per heavy atom. The van der Waals surface area contributed by atoms with E-state index in [0.29, 0.717) is 35.8 Å². The van der Waals surface area contributed by atoms with Crippen molar-refractivity contribution in [2.45, 2.75) is 13.0 Å². The number of imidazole rings is 1. The van der Waals surface area contributed by atoms with Gasteiger partial charge in [-0.05, 0) is 36.8 Å². The number of aryl methyl sites for hydroxylation is 1. The molecule has 0 saturated carbocycles. The van der Waals surface area contributed by atoms with Crippen molar-refractivity contribution in [2.75, 3.05) is 20.8 Å². The second-order valence-corrected chi connectivity index (χ2v) is 6.51. The van der Waals surface area contributed by atoms with E-state index in [1.165, 1.54) is 26.6 Å². The first-order chi connectivity index (χ1) is 15.1. The minimum absolute atomic E-state index is 0.0670. The Bertz CT molecular complexity index is 1030. The van der Waals surface area contributed by atoms with Gasteiger partial charge in [-0.2, -0.15) is 0 Å². The lowest BCUT2D eigenvalue weighted by atomic mass is 10.1. The third-order valence-electron chi connectivity index (χ3n) is 4.41. The number of carbonyl (C=O) groups excluding carboxylic acids is 2. The third kappa shape index (κ3) is 5.99. The molecule has 0 aliphatic heterocycles. The Kier molecular flexibility index (Phi) is 7.47. The molecule has 3 aromatic rings. The number of benzene rings is 1. The van der Waals surface area contributed by atoms with Crippen molar-refractivity contribution in [2.24, 2.45) is 0 Å². The number of hydrogen-bond acceptors (Lipinski definition) is 6. The van der Waals surface area contributed by atoms with Gasteiger partial charge in [-0.1, -0.05) is 0 Å². The minimum atomic E-state index is -0.465. The van der Waals surface area contributed by atoms with Gasteiger partial charge in [-0.15, -0.1) is 0 Å². The minimum Gasteiger partial charge on any atom is -0.493 e. The number of amides is 2. The maximum absolute atomic E-state index is 12.8. The number of rotatable bonds is 10. The molecule has 3 rings (SSSR count). The summed E-state index contributed by atoms with van der Waals surface area (Å²) in [4.78, 5) is 29.5. The monoisotopic (exact) mass is 424 g/mol. The van der Waals surface area contributed by atoms with E-state index in [1.54, 1.807) is 42.9 Å². The van der Waals surface area contributed by atoms with Crippen molar-refractivity contribution in [3.8, 4) is 11.5 Å². The lowest BCUT2D eigenvalue weighted by molar-refractivity contribution is -0.117. The highest BCUT2D eigenvalue weighted by atomic mass is 16.5. The molecule has 2 amide bonds. The number of nitrogens with zero attached hydrogens (tertiary/aromatic N) is 2. The van der Waals surface area contributed by atoms with Gasteiger partial charge in [-0.3, -0.25) is 9.59 Å². The molecule has 0 fully saturated rings. The Morgan fingerprint density at radius 2 is 2.03 bits per heavy atom. The lowest BCUT2D eigenvalue weighted by Gasteiger charge is -2.12. The van der Waals surface area contributed by atoms with Crippen LogP contribution in [0.1, 0.15) is 22.5 Å². The average Bonchev–Trinajstić information content (AvgIpc) is 3.49. The van der Waals surface area contributed by atoms with Gasteiger partial charge in [0.1, 0.15) is 11.5 Å². The Labute approximate surface area is 179 Å². The molecular weight excluding hydrogens is 400 g/mol. The number of methoxy groups -OCH3 is 2. The largest absolute Gasteiger partial charge is 0.493 e. The van der Waals surface area contributed by atoms with E-state index >= 15 is 0 Å². The summed E-state index contributed by atoms with van der Waals surface area (Å²) in [6, 6.07) is 8.14. The topological polar surface area (TPSA) is 108 Å². The fourth-order valence-corrected chi connectivity index (χ4v) is 2.82. The van der Waals surface area contributed by atoms with Crippen LogP contribution < -0.4 is 20.1 Å². The van der Waals surface area contributed by atoms with Crippen molar-refractivity contribution in [3.63, 3.8) is 0 Å². The second kappa shape index (κ2) is 10.7. The van der Waals surface area contributed by atoms with Gasteiger partial charge < -0.3 is 29.1 Å². The Hall–Kier alpha value is -4.01. The molecule has 0 bridgehead atoms. The number of nitrogens with one attached hydrogen (secondary N) is 2. The van der Waals surface area contributed by atoms with Crippen molar-refractivity contribution in [1.82, 2.24) is 20.2 Å². The molecule has 2 aromatic heterocycles. The average molecular weight is 424 g/mol. The Morgan fingerprint density at radius 1 is 1.19 bits per heavy atom. The van der Waals surface area contributed by atoms with Crippen molar-refractivity contribution >= 4 is 17.9 Å². The maximum atomic E-state index is 12.8. The summed E-state index contributed by atoms with van der Waals surface area (Å²) in [5.74, 6) is 0.469. The molecule has 9 nitrogen and oxygen atoms in total. The molecule has 9 heteroatoms. The van der Waals surface area contributed by atoms with E-state index < -0.39 is 11.8 Å². The van der Waals surface area contributed by atoms with Crippen LogP contribution in [0.2, 0.25) is 0 Å². The van der Waals surface area contributed by atoms with Crippen molar-refractivity contribution in [1.29, 1.82) is 0 Å². The number of carbonyl (C=O) groups is 2. The summed E-state index contributed by atoms with van der Waals surface area (Å²) >= 11 is 0. The first kappa shape index (κ1) is 21.7. The van der Waals surface area contributed by atoms with Gasteiger partial charge in [-0.25, -0.2) is 4.98 Å². The van der Waals surface area contributed by atoms with E-state index in [2.05, 4.69) is 15.6 Å². The standard InChI is InChI=1S/C22H24N4O5/c1-29-19-7-6-16(13-20(19)30-2)21(27)25-18(14-17-5-3-12-31-17)22(28)24-8-4-10-26-11-9-23-15-26/h3,5-7,9,11-15H,4,8,10H2,1-2H3,(H,24,28)(H,25,27)/b18-14-. The molecule has 0 spiro atoms. The van der Waals surface area contributed by atoms with Crippen LogP contribution >= 0.6 is 0 Å². The number of furan rings is 1. The molecule has 31 heavy (non-hydrogen) atoms. The van der Waals surface area contributed by atoms with Crippen LogP contribution in [0.25, 0.3) is 6.08 Å². The molecule has 2 N–H and O–H groups in total. The van der Waals surface area contributed by atoms with E-state index in [-0.39, 0.29) is 5.70 Å². The molecule has 0 aliphatic rings. The molecule has 0 unspecified atom stereocenters. The van der Waals surface area contributed by atoms with Crippen LogP contribution in [0.3, 0.4) is 0 Å². The molecule has 0 saturated heterocycles. The van der Waals surface area contributed by atoms with Gasteiger partial charge in [0.2, 0.25) is 0 Å². The first-order valence-corrected chi connectivity index (χ1v) is 9.63. The smallest absolute Gasteiger partial charge is 0.267 e. The van der Waals surface area contributed by atoms with Gasteiger partial charge >= 0.3 is 0 Å². The van der Waals surface area contributed by atoms with Gasteiger partial charge in [0.25, 0.3) is 11.8 Å². The molecule has 0 aliphatic carbocycles. The fraction of sp³-hybridized carbons (Fsp3) is 0.227. The third-order valence-corrected chi connectivity index (χ3v) is 4.41. The maximum Gasteiger partial charge on any atom is 0.267 e. The quantitative estimate of drug-likeness (QED) is 0.382. The predicted molar refractivity (Wildman–Crippen MR) is 114 cm³/mol. The molecular formula is C22H24N4O5. The van der Waals surface area contributed by atoms with E-state index in [0.717, 1.165) is 6.54 Å². The van der Waals surface area contributed by atoms with E-state index in [1.807, 2.05) is 10.8 Å². The van der Waals surface area contributed by atoms with Crippen LogP contribution in [0.15, 0.2) is 65.4 Å². The zero-order valence-corrected chi connectivity index (χ0v) is 17.3. The van der Waals surface area contributed by atoms with Crippen LogP contribution in [-0.2, 0) is 11.3 Å². The number of aromatic nitrogens is 2. The molecule has 0 radical (unpaired) electrons. The van der Waals surface area contributed by atoms with Gasteiger partial charge in [0.05, 0.1) is 26.8 Å². The lowest BCUT2D eigenvalue weighted by Crippen LogP contribution is -2.35. The summed E-state index contributed by atoms with van der Waals surface area (Å²) in [6.07, 6.45) is 8.94. The van der Waals surface area contributed by atoms with E-state index in [9.17, 15) is 9.59 Å². The molecule has 1 aromatic carbocycles. The summed E-state index contributed by atoms with van der Waals surface area (Å²) in [5, 5.41) is 5.47. The summed E-state index contributed by atoms with van der Waals surface area (Å²) < 4.78 is 17.6. The Balaban J connectivity index is 1.68. The summed E-state index contributed by atoms with van der Waals surface area (Å²) in [5.41, 5.74) is 0.383. The highest BCUT2D eigenvalue weighted by Gasteiger charge is 2.17. The zero-order valence-electron chi connectivity index (χ0n) is 17.3. The first-order valence-electron chi connectivity index (χ1n) is 9.63. The second-order valence-electron chi connectivity index (χ2n) is 6.51. The van der Waals surface area contributed by atoms with Crippen molar-refractivity contribution < 1.29 is 23.5 Å². The molecule has 0 atom stereocenters. The van der Waals surface area contributed by atoms with Crippen LogP contribution in [0, 0.1) is 0 Å². The molecule has 162 valence electrons. The van der Waals surface area contributed by atoms with Gasteiger partial charge in [0, 0.05) is 37.1 Å². The summed E-state index contributed by atoms with van der Waals surface area (Å²) in [7, 11) is 3.00. The van der Waals surface area contributed by atoms with Crippen LogP contribution in [0.4, 0.5) is 0 Å². The van der Waals surface area contributed by atoms with Crippen molar-refractivity contribution in [3.05, 3.63) is 72.3 Å². The number of hydrogen-bond donors (Lipinski definition) is 2. The summed E-state index contributed by atoms with van der Waals surface area (Å²) in [6.45, 7) is 1.15. The van der Waals surface area contributed by atoms with Crippen LogP contribution in [0.5, 0.6) is 11.5 Å². The highest BCUT2D eigenvalue weighted by Crippen LogP contribution is 2.27. The predicted octanol–water partition coefficient (Wildman–Crippen LogP) is 2.47. The fourth-order valence-electron chi connectivity index (χ4n) is 2.82. The van der Waals surface area contributed by atoms with E-state index in [4.69, 9.17) is 13.9 Å². The number of ether oxygens (including phenoxy) is 2. The van der Waals surface area contributed by atoms with Gasteiger partial charge in [0.15, 0.2) is 11.5 Å². The SMILES string of the molecule is COc1ccc(C(=O)N/C(=C\c2ccco2)C(=O)NCCCn2ccnc2)cc1OC. The highest BCUT2D eigenvalue weighted by molar-refractivity contribution is 6.05.